The minimum absolute atomic E-state index is 0.0291. The first-order valence-electron chi connectivity index (χ1n) is 7.82. The van der Waals surface area contributed by atoms with Crippen LogP contribution >= 0.6 is 0 Å². The Morgan fingerprint density at radius 2 is 1.95 bits per heavy atom. The molecule has 2 amide bonds. The lowest BCUT2D eigenvalue weighted by Gasteiger charge is -2.39. The average molecular weight is 281 g/mol. The number of nitrogens with two attached hydrogens (primary N) is 1. The zero-order valence-corrected chi connectivity index (χ0v) is 12.6. The highest BCUT2D eigenvalue weighted by molar-refractivity contribution is 5.88. The van der Waals surface area contributed by atoms with Crippen molar-refractivity contribution in [1.29, 1.82) is 0 Å². The van der Waals surface area contributed by atoms with Gasteiger partial charge in [0.15, 0.2) is 0 Å². The average Bonchev–Trinajstić information content (AvgIpc) is 2.48. The molecule has 2 rings (SSSR count). The molecule has 1 saturated carbocycles. The first kappa shape index (κ1) is 15.3. The van der Waals surface area contributed by atoms with Crippen LogP contribution in [0.4, 0.5) is 0 Å². The molecule has 2 aliphatic rings. The van der Waals surface area contributed by atoms with Crippen molar-refractivity contribution in [3.8, 4) is 0 Å². The smallest absolute Gasteiger partial charge is 0.242 e. The van der Waals surface area contributed by atoms with Crippen molar-refractivity contribution in [2.45, 2.75) is 57.5 Å². The van der Waals surface area contributed by atoms with Crippen molar-refractivity contribution in [2.24, 2.45) is 17.6 Å². The predicted molar refractivity (Wildman–Crippen MR) is 77.9 cm³/mol. The van der Waals surface area contributed by atoms with Gasteiger partial charge in [-0.3, -0.25) is 9.59 Å². The zero-order chi connectivity index (χ0) is 14.7. The number of hydrogen-bond donors (Lipinski definition) is 2. The fraction of sp³-hybridized carbons (Fsp3) is 0.867. The molecule has 0 aromatic heterocycles. The van der Waals surface area contributed by atoms with Gasteiger partial charge in [0.05, 0.1) is 0 Å². The van der Waals surface area contributed by atoms with Crippen LogP contribution in [0.15, 0.2) is 0 Å². The van der Waals surface area contributed by atoms with Crippen LogP contribution in [-0.4, -0.2) is 42.4 Å². The molecule has 0 aromatic carbocycles. The fourth-order valence-corrected chi connectivity index (χ4v) is 3.51. The van der Waals surface area contributed by atoms with Gasteiger partial charge in [0.1, 0.15) is 6.04 Å². The minimum Gasteiger partial charge on any atom is -0.357 e. The molecule has 0 radical (unpaired) electrons. The van der Waals surface area contributed by atoms with Crippen LogP contribution in [0.5, 0.6) is 0 Å². The Bertz CT molecular complexity index is 372. The Labute approximate surface area is 121 Å². The van der Waals surface area contributed by atoms with Crippen LogP contribution in [0.2, 0.25) is 0 Å². The van der Waals surface area contributed by atoms with Gasteiger partial charge in [0.25, 0.3) is 0 Å². The Morgan fingerprint density at radius 3 is 2.60 bits per heavy atom. The van der Waals surface area contributed by atoms with Crippen molar-refractivity contribution in [2.75, 3.05) is 13.6 Å². The third kappa shape index (κ3) is 3.14. The molecule has 20 heavy (non-hydrogen) atoms. The number of nitrogens with zero attached hydrogens (tertiary/aromatic N) is 1. The third-order valence-electron chi connectivity index (χ3n) is 4.92. The molecule has 5 heteroatoms. The molecule has 3 N–H and O–H groups in total. The highest BCUT2D eigenvalue weighted by Gasteiger charge is 2.37. The second-order valence-corrected chi connectivity index (χ2v) is 6.31. The van der Waals surface area contributed by atoms with Crippen LogP contribution in [0, 0.1) is 11.8 Å². The summed E-state index contributed by atoms with van der Waals surface area (Å²) in [6.45, 7) is 2.84. The first-order valence-corrected chi connectivity index (χ1v) is 7.82. The third-order valence-corrected chi connectivity index (χ3v) is 4.92. The summed E-state index contributed by atoms with van der Waals surface area (Å²) in [7, 11) is 1.64. The summed E-state index contributed by atoms with van der Waals surface area (Å²) in [5.41, 5.74) is 6.03. The van der Waals surface area contributed by atoms with Gasteiger partial charge < -0.3 is 16.0 Å². The van der Waals surface area contributed by atoms with Crippen molar-refractivity contribution >= 4 is 11.8 Å². The Morgan fingerprint density at radius 1 is 1.20 bits per heavy atom. The second kappa shape index (κ2) is 6.57. The van der Waals surface area contributed by atoms with Gasteiger partial charge in [0.2, 0.25) is 11.8 Å². The monoisotopic (exact) mass is 281 g/mol. The molecule has 0 bridgehead atoms. The summed E-state index contributed by atoms with van der Waals surface area (Å²) in [5, 5.41) is 2.69. The summed E-state index contributed by atoms with van der Waals surface area (Å²) in [5.74, 6) is 0.576. The van der Waals surface area contributed by atoms with Crippen LogP contribution in [0.3, 0.4) is 0 Å². The molecule has 1 saturated heterocycles. The lowest BCUT2D eigenvalue weighted by molar-refractivity contribution is -0.146. The number of rotatable bonds is 2. The lowest BCUT2D eigenvalue weighted by Crippen LogP contribution is -2.53. The molecule has 0 spiro atoms. The van der Waals surface area contributed by atoms with E-state index in [-0.39, 0.29) is 29.8 Å². The van der Waals surface area contributed by atoms with E-state index < -0.39 is 0 Å². The van der Waals surface area contributed by atoms with Gasteiger partial charge in [-0.05, 0) is 44.4 Å². The maximum Gasteiger partial charge on any atom is 0.242 e. The largest absolute Gasteiger partial charge is 0.357 e. The predicted octanol–water partition coefficient (Wildman–Crippen LogP) is 0.877. The van der Waals surface area contributed by atoms with E-state index in [2.05, 4.69) is 12.2 Å². The molecule has 4 atom stereocenters. The summed E-state index contributed by atoms with van der Waals surface area (Å²) >= 11 is 0. The van der Waals surface area contributed by atoms with Crippen LogP contribution in [-0.2, 0) is 9.59 Å². The van der Waals surface area contributed by atoms with Crippen LogP contribution < -0.4 is 11.1 Å². The molecule has 1 aliphatic carbocycles. The van der Waals surface area contributed by atoms with E-state index in [0.29, 0.717) is 12.5 Å². The maximum absolute atomic E-state index is 12.7. The standard InChI is InChI=1S/C15H27N3O2/c1-10-9-11(6-7-12(10)16)15(20)18-8-4-3-5-13(18)14(19)17-2/h10-13H,3-9,16H2,1-2H3,(H,17,19). The molecule has 114 valence electrons. The number of carbonyl (C=O) groups excluding carboxylic acids is 2. The maximum atomic E-state index is 12.7. The van der Waals surface area contributed by atoms with Gasteiger partial charge in [-0.2, -0.15) is 0 Å². The first-order chi connectivity index (χ1) is 9.54. The molecular formula is C15H27N3O2. The van der Waals surface area contributed by atoms with Crippen molar-refractivity contribution in [1.82, 2.24) is 10.2 Å². The van der Waals surface area contributed by atoms with E-state index in [1.165, 1.54) is 0 Å². The van der Waals surface area contributed by atoms with Crippen LogP contribution in [0.1, 0.15) is 45.4 Å². The summed E-state index contributed by atoms with van der Waals surface area (Å²) in [4.78, 5) is 26.5. The van der Waals surface area contributed by atoms with E-state index in [1.807, 2.05) is 4.90 Å². The number of hydrogen-bond acceptors (Lipinski definition) is 3. The van der Waals surface area contributed by atoms with E-state index in [0.717, 1.165) is 38.5 Å². The van der Waals surface area contributed by atoms with Gasteiger partial charge in [-0.15, -0.1) is 0 Å². The van der Waals surface area contributed by atoms with Gasteiger partial charge >= 0.3 is 0 Å². The Balaban J connectivity index is 2.04. The molecule has 5 nitrogen and oxygen atoms in total. The topological polar surface area (TPSA) is 75.4 Å². The molecule has 0 aromatic rings. The van der Waals surface area contributed by atoms with Crippen LogP contribution in [0.25, 0.3) is 0 Å². The van der Waals surface area contributed by atoms with Gasteiger partial charge in [-0.1, -0.05) is 6.92 Å². The number of likely N-dealkylation sites (N-methyl/N-ethyl adjacent to an activating group) is 1. The summed E-state index contributed by atoms with van der Waals surface area (Å²) in [6, 6.07) is -0.0534. The van der Waals surface area contributed by atoms with Gasteiger partial charge in [-0.25, -0.2) is 0 Å². The van der Waals surface area contributed by atoms with Crippen molar-refractivity contribution in [3.63, 3.8) is 0 Å². The number of nitrogens with one attached hydrogen (secondary N) is 1. The van der Waals surface area contributed by atoms with E-state index in [9.17, 15) is 9.59 Å². The highest BCUT2D eigenvalue weighted by Crippen LogP contribution is 2.31. The number of piperidine rings is 1. The Kier molecular flexibility index (Phi) is 5.02. The molecule has 1 aliphatic heterocycles. The Hall–Kier alpha value is -1.10. The summed E-state index contributed by atoms with van der Waals surface area (Å²) < 4.78 is 0. The normalized spacial score (nSPS) is 34.6. The van der Waals surface area contributed by atoms with E-state index in [4.69, 9.17) is 5.73 Å². The second-order valence-electron chi connectivity index (χ2n) is 6.31. The highest BCUT2D eigenvalue weighted by atomic mass is 16.2. The lowest BCUT2D eigenvalue weighted by atomic mass is 9.78. The van der Waals surface area contributed by atoms with Crippen molar-refractivity contribution < 1.29 is 9.59 Å². The summed E-state index contributed by atoms with van der Waals surface area (Å²) in [6.07, 6.45) is 5.44. The molecular weight excluding hydrogens is 254 g/mol. The van der Waals surface area contributed by atoms with Gasteiger partial charge in [0, 0.05) is 25.6 Å². The molecule has 4 unspecified atom stereocenters. The van der Waals surface area contributed by atoms with E-state index >= 15 is 0 Å². The molecule has 1 heterocycles. The van der Waals surface area contributed by atoms with E-state index in [1.54, 1.807) is 7.05 Å². The number of carbonyl (C=O) groups is 2. The minimum atomic E-state index is -0.271. The molecule has 2 fully saturated rings. The quantitative estimate of drug-likeness (QED) is 0.789. The SMILES string of the molecule is CNC(=O)C1CCCCN1C(=O)C1CCC(N)C(C)C1. The fourth-order valence-electron chi connectivity index (χ4n) is 3.51. The number of likely N-dealkylation sites (tertiary alicyclic amines) is 1. The number of amides is 2. The zero-order valence-electron chi connectivity index (χ0n) is 12.6. The van der Waals surface area contributed by atoms with Crippen molar-refractivity contribution in [3.05, 3.63) is 0 Å².